The highest BCUT2D eigenvalue weighted by atomic mass is 19.4. The first-order chi connectivity index (χ1) is 11.3. The number of urea groups is 1. The van der Waals surface area contributed by atoms with Crippen LogP contribution in [0, 0.1) is 0 Å². The van der Waals surface area contributed by atoms with Gasteiger partial charge >= 0.3 is 18.2 Å². The number of hydrogen-bond donors (Lipinski definition) is 4. The molecule has 0 fully saturated rings. The van der Waals surface area contributed by atoms with E-state index in [0.717, 1.165) is 12.3 Å². The van der Waals surface area contributed by atoms with Crippen molar-refractivity contribution in [2.24, 2.45) is 0 Å². The predicted octanol–water partition coefficient (Wildman–Crippen LogP) is 2.07. The molecule has 0 aliphatic heterocycles. The lowest BCUT2D eigenvalue weighted by atomic mass is 10.3. The molecule has 0 saturated heterocycles. The molecule has 10 heteroatoms. The van der Waals surface area contributed by atoms with E-state index in [9.17, 15) is 22.8 Å². The molecule has 0 aliphatic carbocycles. The number of carbonyl (C=O) groups excluding carboxylic acids is 1. The third kappa shape index (κ3) is 8.20. The van der Waals surface area contributed by atoms with Crippen LogP contribution in [-0.2, 0) is 11.0 Å². The van der Waals surface area contributed by atoms with Crippen molar-refractivity contribution in [1.29, 1.82) is 0 Å². The number of nitrogens with zero attached hydrogens (tertiary/aromatic N) is 1. The Kier molecular flexibility index (Phi) is 7.80. The third-order valence-electron chi connectivity index (χ3n) is 2.89. The minimum absolute atomic E-state index is 0.00959. The van der Waals surface area contributed by atoms with E-state index in [-0.39, 0.29) is 13.0 Å². The second-order valence-corrected chi connectivity index (χ2v) is 4.89. The normalized spacial score (nSPS) is 11.0. The Morgan fingerprint density at radius 3 is 2.29 bits per heavy atom. The van der Waals surface area contributed by atoms with Crippen LogP contribution in [0.3, 0.4) is 0 Å². The summed E-state index contributed by atoms with van der Waals surface area (Å²) < 4.78 is 37.1. The number of carbonyl (C=O) groups is 2. The van der Waals surface area contributed by atoms with Gasteiger partial charge in [0.1, 0.15) is 5.82 Å². The Morgan fingerprint density at radius 1 is 1.08 bits per heavy atom. The van der Waals surface area contributed by atoms with Crippen molar-refractivity contribution in [3.05, 3.63) is 23.9 Å². The molecule has 0 spiro atoms. The van der Waals surface area contributed by atoms with Gasteiger partial charge in [0, 0.05) is 32.3 Å². The average Bonchev–Trinajstić information content (AvgIpc) is 2.50. The zero-order valence-corrected chi connectivity index (χ0v) is 12.8. The van der Waals surface area contributed by atoms with E-state index in [1.807, 2.05) is 0 Å². The number of carboxylic acids is 1. The lowest BCUT2D eigenvalue weighted by molar-refractivity contribution is -0.138. The van der Waals surface area contributed by atoms with E-state index in [2.05, 4.69) is 20.9 Å². The fourth-order valence-corrected chi connectivity index (χ4v) is 1.68. The molecular formula is C14H19F3N4O3. The van der Waals surface area contributed by atoms with Crippen molar-refractivity contribution in [1.82, 2.24) is 15.6 Å². The first-order valence-corrected chi connectivity index (χ1v) is 7.29. The van der Waals surface area contributed by atoms with Crippen molar-refractivity contribution in [3.63, 3.8) is 0 Å². The maximum atomic E-state index is 12.4. The van der Waals surface area contributed by atoms with Gasteiger partial charge in [0.15, 0.2) is 0 Å². The highest BCUT2D eigenvalue weighted by molar-refractivity contribution is 5.73. The van der Waals surface area contributed by atoms with Crippen LogP contribution >= 0.6 is 0 Å². The van der Waals surface area contributed by atoms with Crippen molar-refractivity contribution in [3.8, 4) is 0 Å². The lowest BCUT2D eigenvalue weighted by Crippen LogP contribution is -2.37. The molecule has 1 heterocycles. The molecule has 2 amide bonds. The first-order valence-electron chi connectivity index (χ1n) is 7.29. The molecule has 134 valence electrons. The Hall–Kier alpha value is -2.52. The molecule has 4 N–H and O–H groups in total. The number of anilines is 1. The minimum Gasteiger partial charge on any atom is -0.481 e. The summed E-state index contributed by atoms with van der Waals surface area (Å²) in [6, 6.07) is 1.79. The van der Waals surface area contributed by atoms with Crippen molar-refractivity contribution in [2.45, 2.75) is 25.4 Å². The van der Waals surface area contributed by atoms with Crippen LogP contribution in [0.15, 0.2) is 18.3 Å². The molecule has 0 aliphatic rings. The van der Waals surface area contributed by atoms with E-state index >= 15 is 0 Å². The van der Waals surface area contributed by atoms with Gasteiger partial charge in [-0.05, 0) is 25.0 Å². The Morgan fingerprint density at radius 2 is 1.75 bits per heavy atom. The van der Waals surface area contributed by atoms with E-state index in [0.29, 0.717) is 31.7 Å². The third-order valence-corrected chi connectivity index (χ3v) is 2.89. The molecule has 0 radical (unpaired) electrons. The second kappa shape index (κ2) is 9.58. The highest BCUT2D eigenvalue weighted by Gasteiger charge is 2.30. The molecule has 24 heavy (non-hydrogen) atoms. The van der Waals surface area contributed by atoms with E-state index in [1.165, 1.54) is 6.07 Å². The zero-order chi connectivity index (χ0) is 18.0. The van der Waals surface area contributed by atoms with Gasteiger partial charge in [0.2, 0.25) is 0 Å². The summed E-state index contributed by atoms with van der Waals surface area (Å²) >= 11 is 0. The second-order valence-electron chi connectivity index (χ2n) is 4.89. The van der Waals surface area contributed by atoms with Gasteiger partial charge in [-0.15, -0.1) is 0 Å². The summed E-state index contributed by atoms with van der Waals surface area (Å²) in [4.78, 5) is 25.3. The van der Waals surface area contributed by atoms with Gasteiger partial charge in [-0.3, -0.25) is 4.79 Å². The number of amides is 2. The summed E-state index contributed by atoms with van der Waals surface area (Å²) in [6.45, 7) is 1.06. The van der Waals surface area contributed by atoms with Gasteiger partial charge in [-0.1, -0.05) is 0 Å². The fourth-order valence-electron chi connectivity index (χ4n) is 1.68. The Labute approximate surface area is 136 Å². The fraction of sp³-hybridized carbons (Fsp3) is 0.500. The van der Waals surface area contributed by atoms with Crippen LogP contribution in [0.4, 0.5) is 23.8 Å². The SMILES string of the molecule is O=C(O)CCCNC(=O)NCCCNc1ccc(C(F)(F)F)cn1. The molecule has 1 aromatic rings. The van der Waals surface area contributed by atoms with Crippen LogP contribution in [0.2, 0.25) is 0 Å². The highest BCUT2D eigenvalue weighted by Crippen LogP contribution is 2.28. The summed E-state index contributed by atoms with van der Waals surface area (Å²) in [5.74, 6) is -0.596. The standard InChI is InChI=1S/C14H19F3N4O3/c15-14(16,17)10-4-5-11(21-9-10)18-7-2-8-20-13(24)19-6-1-3-12(22)23/h4-5,9H,1-3,6-8H2,(H,18,21)(H,22,23)(H2,19,20,24). The minimum atomic E-state index is -4.41. The predicted molar refractivity (Wildman–Crippen MR) is 80.6 cm³/mol. The molecular weight excluding hydrogens is 329 g/mol. The quantitative estimate of drug-likeness (QED) is 0.512. The molecule has 0 unspecified atom stereocenters. The van der Waals surface area contributed by atoms with Gasteiger partial charge in [0.25, 0.3) is 0 Å². The summed E-state index contributed by atoms with van der Waals surface area (Å²) in [5.41, 5.74) is -0.811. The van der Waals surface area contributed by atoms with Crippen LogP contribution < -0.4 is 16.0 Å². The van der Waals surface area contributed by atoms with Crippen LogP contribution in [0.5, 0.6) is 0 Å². The first kappa shape index (κ1) is 19.5. The molecule has 0 saturated carbocycles. The number of aromatic nitrogens is 1. The molecule has 0 aromatic carbocycles. The number of alkyl halides is 3. The van der Waals surface area contributed by atoms with E-state index in [1.54, 1.807) is 0 Å². The van der Waals surface area contributed by atoms with Gasteiger partial charge in [-0.25, -0.2) is 9.78 Å². The zero-order valence-electron chi connectivity index (χ0n) is 12.8. The summed E-state index contributed by atoms with van der Waals surface area (Å²) in [5, 5.41) is 16.4. The number of rotatable bonds is 9. The van der Waals surface area contributed by atoms with E-state index < -0.39 is 23.7 Å². The Bertz CT molecular complexity index is 535. The monoisotopic (exact) mass is 348 g/mol. The molecule has 0 bridgehead atoms. The van der Waals surface area contributed by atoms with Crippen LogP contribution in [0.25, 0.3) is 0 Å². The number of hydrogen-bond acceptors (Lipinski definition) is 4. The largest absolute Gasteiger partial charge is 0.481 e. The number of nitrogens with one attached hydrogen (secondary N) is 3. The molecule has 7 nitrogen and oxygen atoms in total. The summed E-state index contributed by atoms with van der Waals surface area (Å²) in [7, 11) is 0. The maximum absolute atomic E-state index is 12.4. The Balaban J connectivity index is 2.11. The number of pyridine rings is 1. The maximum Gasteiger partial charge on any atom is 0.417 e. The number of carboxylic acid groups (broad SMARTS) is 1. The topological polar surface area (TPSA) is 103 Å². The van der Waals surface area contributed by atoms with Crippen molar-refractivity contribution < 1.29 is 27.9 Å². The summed E-state index contributed by atoms with van der Waals surface area (Å²) in [6.07, 6.45) is -2.77. The van der Waals surface area contributed by atoms with Crippen LogP contribution in [-0.4, -0.2) is 41.7 Å². The number of halogens is 3. The lowest BCUT2D eigenvalue weighted by Gasteiger charge is -2.09. The smallest absolute Gasteiger partial charge is 0.417 e. The molecule has 1 rings (SSSR count). The molecule has 1 aromatic heterocycles. The molecule has 0 atom stereocenters. The average molecular weight is 348 g/mol. The van der Waals surface area contributed by atoms with Crippen molar-refractivity contribution in [2.75, 3.05) is 25.0 Å². The van der Waals surface area contributed by atoms with Gasteiger partial charge in [0.05, 0.1) is 5.56 Å². The van der Waals surface area contributed by atoms with Crippen molar-refractivity contribution >= 4 is 17.8 Å². The van der Waals surface area contributed by atoms with Gasteiger partial charge < -0.3 is 21.1 Å². The van der Waals surface area contributed by atoms with Gasteiger partial charge in [-0.2, -0.15) is 13.2 Å². The number of aliphatic carboxylic acids is 1. The van der Waals surface area contributed by atoms with E-state index in [4.69, 9.17) is 5.11 Å². The van der Waals surface area contributed by atoms with Crippen LogP contribution in [0.1, 0.15) is 24.8 Å².